The molecule has 0 heterocycles. The number of benzene rings is 2. The molecule has 0 saturated carbocycles. The molecule has 0 saturated heterocycles. The van der Waals surface area contributed by atoms with E-state index in [1.54, 1.807) is 0 Å². The van der Waals surface area contributed by atoms with Gasteiger partial charge in [0.05, 0.1) is 0 Å². The maximum Gasteiger partial charge on any atom is 0.0338 e. The second-order valence-corrected chi connectivity index (χ2v) is 4.24. The Bertz CT molecular complexity index is 571. The van der Waals surface area contributed by atoms with Crippen LogP contribution in [0.1, 0.15) is 16.7 Å². The normalized spacial score (nSPS) is 9.94. The highest BCUT2D eigenvalue weighted by atomic mass is 14.1. The molecule has 0 atom stereocenters. The zero-order chi connectivity index (χ0) is 12.3. The summed E-state index contributed by atoms with van der Waals surface area (Å²) in [5.74, 6) is 2.68. The van der Waals surface area contributed by atoms with Crippen LogP contribution in [-0.2, 0) is 6.42 Å². The minimum Gasteiger partial charge on any atom is -0.120 e. The van der Waals surface area contributed by atoms with Gasteiger partial charge in [-0.25, -0.2) is 0 Å². The molecule has 2 aromatic carbocycles. The third kappa shape index (κ3) is 2.40. The molecule has 0 aliphatic rings. The fourth-order valence-electron chi connectivity index (χ4n) is 1.99. The molecule has 0 aliphatic carbocycles. The lowest BCUT2D eigenvalue weighted by Crippen LogP contribution is -1.90. The van der Waals surface area contributed by atoms with Crippen LogP contribution >= 0.6 is 0 Å². The Labute approximate surface area is 103 Å². The van der Waals surface area contributed by atoms with Gasteiger partial charge in [-0.3, -0.25) is 0 Å². The number of hydrogen-bond donors (Lipinski definition) is 0. The maximum atomic E-state index is 5.35. The van der Waals surface area contributed by atoms with E-state index in [1.165, 1.54) is 22.3 Å². The quantitative estimate of drug-likeness (QED) is 0.671. The lowest BCUT2D eigenvalue weighted by Gasteiger charge is -2.10. The first-order valence-electron chi connectivity index (χ1n) is 5.73. The Morgan fingerprint density at radius 2 is 1.94 bits per heavy atom. The molecule has 83 valence electrons. The van der Waals surface area contributed by atoms with E-state index in [9.17, 15) is 0 Å². The van der Waals surface area contributed by atoms with Gasteiger partial charge in [0.2, 0.25) is 0 Å². The van der Waals surface area contributed by atoms with E-state index >= 15 is 0 Å². The van der Waals surface area contributed by atoms with Crippen LogP contribution in [0.4, 0.5) is 0 Å². The van der Waals surface area contributed by atoms with E-state index in [0.717, 1.165) is 5.56 Å². The van der Waals surface area contributed by atoms with Gasteiger partial charge < -0.3 is 0 Å². The lowest BCUT2D eigenvalue weighted by molar-refractivity contribution is 1.29. The Morgan fingerprint density at radius 3 is 2.65 bits per heavy atom. The summed E-state index contributed by atoms with van der Waals surface area (Å²) in [5, 5.41) is 0. The van der Waals surface area contributed by atoms with E-state index < -0.39 is 0 Å². The van der Waals surface area contributed by atoms with Crippen LogP contribution in [0.15, 0.2) is 36.4 Å². The second-order valence-electron chi connectivity index (χ2n) is 4.24. The predicted octanol–water partition coefficient (Wildman–Crippen LogP) is 3.95. The van der Waals surface area contributed by atoms with Crippen LogP contribution in [0.5, 0.6) is 0 Å². The van der Waals surface area contributed by atoms with Crippen molar-refractivity contribution in [3.05, 3.63) is 59.2 Å². The molecule has 0 heteroatoms. The van der Waals surface area contributed by atoms with Crippen LogP contribution in [0, 0.1) is 32.3 Å². The second kappa shape index (κ2) is 4.89. The van der Waals surface area contributed by atoms with Crippen molar-refractivity contribution in [2.24, 2.45) is 0 Å². The fourth-order valence-corrected chi connectivity index (χ4v) is 1.99. The maximum absolute atomic E-state index is 5.35. The average Bonchev–Trinajstić information content (AvgIpc) is 2.33. The molecular formula is C17H15. The van der Waals surface area contributed by atoms with Crippen molar-refractivity contribution in [1.29, 1.82) is 0 Å². The highest BCUT2D eigenvalue weighted by molar-refractivity contribution is 5.70. The predicted molar refractivity (Wildman–Crippen MR) is 72.7 cm³/mol. The Morgan fingerprint density at radius 1 is 1.18 bits per heavy atom. The van der Waals surface area contributed by atoms with Gasteiger partial charge in [-0.15, -0.1) is 12.3 Å². The van der Waals surface area contributed by atoms with E-state index in [-0.39, 0.29) is 0 Å². The number of terminal acetylenes is 1. The number of aryl methyl sites for hydroxylation is 2. The van der Waals surface area contributed by atoms with Crippen LogP contribution in [0.3, 0.4) is 0 Å². The van der Waals surface area contributed by atoms with Gasteiger partial charge in [0.1, 0.15) is 0 Å². The van der Waals surface area contributed by atoms with Gasteiger partial charge >= 0.3 is 0 Å². The molecule has 0 unspecified atom stereocenters. The Balaban J connectivity index is 2.55. The monoisotopic (exact) mass is 219 g/mol. The molecule has 2 rings (SSSR count). The van der Waals surface area contributed by atoms with E-state index in [1.807, 2.05) is 6.07 Å². The van der Waals surface area contributed by atoms with Gasteiger partial charge in [0.15, 0.2) is 0 Å². The fraction of sp³-hybridized carbons (Fsp3) is 0.176. The molecule has 0 aromatic heterocycles. The summed E-state index contributed by atoms with van der Waals surface area (Å²) in [6.07, 6.45) is 6.02. The highest BCUT2D eigenvalue weighted by Crippen LogP contribution is 2.27. The standard InChI is InChI=1S/C17H15/c1-4-7-15-11-10-14(3)17(12-15)16-9-6-5-8-13(16)2/h1,5-6,8-9,11-12H,7H2,2-3H3. The summed E-state index contributed by atoms with van der Waals surface area (Å²) in [7, 11) is 0. The van der Waals surface area contributed by atoms with E-state index in [2.05, 4.69) is 56.2 Å². The molecule has 0 spiro atoms. The number of hydrogen-bond acceptors (Lipinski definition) is 0. The van der Waals surface area contributed by atoms with Crippen molar-refractivity contribution in [3.8, 4) is 23.5 Å². The number of rotatable bonds is 2. The highest BCUT2D eigenvalue weighted by Gasteiger charge is 2.05. The first-order valence-corrected chi connectivity index (χ1v) is 5.73. The molecule has 0 bridgehead atoms. The van der Waals surface area contributed by atoms with Crippen LogP contribution < -0.4 is 0 Å². The van der Waals surface area contributed by atoms with Gasteiger partial charge in [-0.2, -0.15) is 0 Å². The summed E-state index contributed by atoms with van der Waals surface area (Å²) in [5.41, 5.74) is 6.09. The van der Waals surface area contributed by atoms with E-state index in [4.69, 9.17) is 6.42 Å². The molecule has 0 nitrogen and oxygen atoms in total. The SMILES string of the molecule is C#CCc1c[c]c(C)c(-c2ccccc2C)c1. The van der Waals surface area contributed by atoms with Crippen molar-refractivity contribution in [2.45, 2.75) is 20.3 Å². The summed E-state index contributed by atoms with van der Waals surface area (Å²) in [6, 6.07) is 15.8. The summed E-state index contributed by atoms with van der Waals surface area (Å²) >= 11 is 0. The van der Waals surface area contributed by atoms with Crippen LogP contribution in [0.2, 0.25) is 0 Å². The Hall–Kier alpha value is -2.00. The minimum atomic E-state index is 0.662. The average molecular weight is 219 g/mol. The van der Waals surface area contributed by atoms with Gasteiger partial charge in [-0.1, -0.05) is 24.3 Å². The molecule has 1 radical (unpaired) electrons. The molecule has 0 amide bonds. The Kier molecular flexibility index (Phi) is 3.30. The molecule has 0 fully saturated rings. The van der Waals surface area contributed by atoms with E-state index in [0.29, 0.717) is 6.42 Å². The molecule has 0 aliphatic heterocycles. The molecule has 2 aromatic rings. The third-order valence-electron chi connectivity index (χ3n) is 2.95. The van der Waals surface area contributed by atoms with Crippen molar-refractivity contribution < 1.29 is 0 Å². The summed E-state index contributed by atoms with van der Waals surface area (Å²) in [6.45, 7) is 4.21. The lowest BCUT2D eigenvalue weighted by atomic mass is 9.94. The van der Waals surface area contributed by atoms with Crippen molar-refractivity contribution in [1.82, 2.24) is 0 Å². The zero-order valence-electron chi connectivity index (χ0n) is 10.2. The summed E-state index contributed by atoms with van der Waals surface area (Å²) < 4.78 is 0. The van der Waals surface area contributed by atoms with Crippen LogP contribution in [-0.4, -0.2) is 0 Å². The van der Waals surface area contributed by atoms with Gasteiger partial charge in [0, 0.05) is 6.42 Å². The largest absolute Gasteiger partial charge is 0.120 e. The minimum absolute atomic E-state index is 0.662. The smallest absolute Gasteiger partial charge is 0.0338 e. The topological polar surface area (TPSA) is 0 Å². The first kappa shape index (κ1) is 11.5. The first-order chi connectivity index (χ1) is 8.22. The van der Waals surface area contributed by atoms with Crippen LogP contribution in [0.25, 0.3) is 11.1 Å². The van der Waals surface area contributed by atoms with Crippen molar-refractivity contribution >= 4 is 0 Å². The molecule has 17 heavy (non-hydrogen) atoms. The summed E-state index contributed by atoms with van der Waals surface area (Å²) in [4.78, 5) is 0. The van der Waals surface area contributed by atoms with Crippen molar-refractivity contribution in [3.63, 3.8) is 0 Å². The van der Waals surface area contributed by atoms with Gasteiger partial charge in [0.25, 0.3) is 0 Å². The molecular weight excluding hydrogens is 204 g/mol. The van der Waals surface area contributed by atoms with Gasteiger partial charge in [-0.05, 0) is 59.9 Å². The molecule has 0 N–H and O–H groups in total. The van der Waals surface area contributed by atoms with Crippen molar-refractivity contribution in [2.75, 3.05) is 0 Å². The zero-order valence-corrected chi connectivity index (χ0v) is 10.2. The third-order valence-corrected chi connectivity index (χ3v) is 2.95.